The quantitative estimate of drug-likeness (QED) is 0.341. The van der Waals surface area contributed by atoms with Crippen molar-refractivity contribution in [2.75, 3.05) is 0 Å². The lowest BCUT2D eigenvalue weighted by molar-refractivity contribution is -0.133. The van der Waals surface area contributed by atoms with E-state index in [9.17, 15) is 9.59 Å². The van der Waals surface area contributed by atoms with Gasteiger partial charge >= 0.3 is 13.8 Å². The number of carbonyl (C=O) groups is 2. The molecule has 11 heteroatoms. The third-order valence-corrected chi connectivity index (χ3v) is 3.54. The Balaban J connectivity index is 0.00000101. The summed E-state index contributed by atoms with van der Waals surface area (Å²) in [5.74, 6) is -1.18. The fourth-order valence-corrected chi connectivity index (χ4v) is 2.40. The number of aliphatic carboxylic acids is 1. The summed E-state index contributed by atoms with van der Waals surface area (Å²) in [6.07, 6.45) is 2.97. The second-order valence-electron chi connectivity index (χ2n) is 5.64. The van der Waals surface area contributed by atoms with Gasteiger partial charge in [-0.3, -0.25) is 4.79 Å². The molecule has 0 aromatic heterocycles. The summed E-state index contributed by atoms with van der Waals surface area (Å²) in [4.78, 5) is 44.0. The number of nitrogens with two attached hydrogens (primary N) is 1. The zero-order valence-corrected chi connectivity index (χ0v) is 15.3. The van der Waals surface area contributed by atoms with Crippen LogP contribution in [0.3, 0.4) is 0 Å². The molecule has 0 saturated carbocycles. The number of rotatable bonds is 6. The Labute approximate surface area is 146 Å². The van der Waals surface area contributed by atoms with Crippen LogP contribution < -0.4 is 11.1 Å². The minimum atomic E-state index is -4.64. The van der Waals surface area contributed by atoms with Gasteiger partial charge in [0.05, 0.1) is 18.2 Å². The van der Waals surface area contributed by atoms with Crippen LogP contribution in [0, 0.1) is 0 Å². The molecule has 10 nitrogen and oxygen atoms in total. The fraction of sp³-hybridized carbons (Fsp3) is 0.714. The predicted molar refractivity (Wildman–Crippen MR) is 89.4 cm³/mol. The van der Waals surface area contributed by atoms with E-state index in [-0.39, 0.29) is 24.0 Å². The molecule has 1 aliphatic rings. The normalized spacial score (nSPS) is 23.4. The van der Waals surface area contributed by atoms with Gasteiger partial charge in [-0.15, -0.1) is 0 Å². The van der Waals surface area contributed by atoms with E-state index in [4.69, 9.17) is 34.8 Å². The zero-order chi connectivity index (χ0) is 19.8. The SMILES string of the molecule is CCC(CC)O[C@@H]1C=C(C(=O)O)C[C@H](N)[C@H]1NC(C)=O.O=P(O)(O)O. The molecule has 0 aromatic rings. The number of hydrogen-bond acceptors (Lipinski definition) is 5. The van der Waals surface area contributed by atoms with E-state index in [1.165, 1.54) is 6.92 Å². The highest BCUT2D eigenvalue weighted by atomic mass is 31.2. The largest absolute Gasteiger partial charge is 0.478 e. The van der Waals surface area contributed by atoms with Crippen molar-refractivity contribution in [1.82, 2.24) is 5.32 Å². The molecule has 0 bridgehead atoms. The molecule has 3 atom stereocenters. The van der Waals surface area contributed by atoms with Gasteiger partial charge in [-0.05, 0) is 25.3 Å². The summed E-state index contributed by atoms with van der Waals surface area (Å²) in [5.41, 5.74) is 6.25. The van der Waals surface area contributed by atoms with E-state index in [1.54, 1.807) is 6.08 Å². The number of hydrogen-bond donors (Lipinski definition) is 6. The summed E-state index contributed by atoms with van der Waals surface area (Å²) in [6, 6.07) is -0.856. The molecule has 1 rings (SSSR count). The van der Waals surface area contributed by atoms with Crippen LogP contribution in [0.5, 0.6) is 0 Å². The smallest absolute Gasteiger partial charge is 0.466 e. The molecule has 0 saturated heterocycles. The molecule has 7 N–H and O–H groups in total. The molecule has 0 radical (unpaired) electrons. The average molecular weight is 382 g/mol. The third-order valence-electron chi connectivity index (χ3n) is 3.54. The summed E-state index contributed by atoms with van der Waals surface area (Å²) in [6.45, 7) is 5.43. The molecule has 0 fully saturated rings. The third kappa shape index (κ3) is 10.3. The van der Waals surface area contributed by atoms with Gasteiger partial charge in [0, 0.05) is 18.5 Å². The van der Waals surface area contributed by atoms with Crippen LogP contribution in [0.1, 0.15) is 40.0 Å². The molecule has 25 heavy (non-hydrogen) atoms. The van der Waals surface area contributed by atoms with E-state index >= 15 is 0 Å². The fourth-order valence-electron chi connectivity index (χ4n) is 2.40. The van der Waals surface area contributed by atoms with Crippen LogP contribution in [0.25, 0.3) is 0 Å². The maximum absolute atomic E-state index is 11.3. The Bertz CT molecular complexity index is 521. The predicted octanol–water partition coefficient (Wildman–Crippen LogP) is -0.122. The Kier molecular flexibility index (Phi) is 10.1. The molecular weight excluding hydrogens is 355 g/mol. The Morgan fingerprint density at radius 2 is 1.84 bits per heavy atom. The van der Waals surface area contributed by atoms with Crippen LogP contribution in [-0.2, 0) is 18.9 Å². The van der Waals surface area contributed by atoms with Crippen LogP contribution in [0.2, 0.25) is 0 Å². The summed E-state index contributed by atoms with van der Waals surface area (Å²) in [7, 11) is -4.64. The minimum Gasteiger partial charge on any atom is -0.478 e. The van der Waals surface area contributed by atoms with Gasteiger partial charge in [-0.2, -0.15) is 0 Å². The number of ether oxygens (including phenoxy) is 1. The summed E-state index contributed by atoms with van der Waals surface area (Å²) < 4.78 is 14.8. The van der Waals surface area contributed by atoms with Crippen molar-refractivity contribution in [2.45, 2.75) is 64.3 Å². The summed E-state index contributed by atoms with van der Waals surface area (Å²) >= 11 is 0. The average Bonchev–Trinajstić information content (AvgIpc) is 2.45. The standard InChI is InChI=1S/C14H24N2O4.H3O4P/c1-4-10(5-2)20-12-7-9(14(18)19)6-11(15)13(12)16-8(3)17;1-5(2,3)4/h7,10-13H,4-6,15H2,1-3H3,(H,16,17)(H,18,19);(H3,1,2,3,4)/t11-,12+,13+;/m0./s1. The minimum absolute atomic E-state index is 0.0212. The second kappa shape index (κ2) is 10.6. The number of phosphoric acid groups is 1. The first kappa shape index (κ1) is 23.7. The van der Waals surface area contributed by atoms with Crippen molar-refractivity contribution in [3.05, 3.63) is 11.6 Å². The van der Waals surface area contributed by atoms with Gasteiger partial charge in [-0.1, -0.05) is 13.8 Å². The summed E-state index contributed by atoms with van der Waals surface area (Å²) in [5, 5.41) is 11.9. The van der Waals surface area contributed by atoms with E-state index in [1.807, 2.05) is 13.8 Å². The van der Waals surface area contributed by atoms with E-state index < -0.39 is 32.0 Å². The first-order chi connectivity index (χ1) is 11.4. The van der Waals surface area contributed by atoms with Gasteiger partial charge in [0.15, 0.2) is 0 Å². The van der Waals surface area contributed by atoms with Gasteiger partial charge in [0.25, 0.3) is 0 Å². The number of carbonyl (C=O) groups excluding carboxylic acids is 1. The molecule has 0 heterocycles. The molecule has 0 spiro atoms. The Morgan fingerprint density at radius 1 is 1.36 bits per heavy atom. The number of amides is 1. The first-order valence-electron chi connectivity index (χ1n) is 7.79. The van der Waals surface area contributed by atoms with E-state index in [0.29, 0.717) is 0 Å². The topological polar surface area (TPSA) is 179 Å². The Hall–Kier alpha value is -1.29. The van der Waals surface area contributed by atoms with Gasteiger partial charge in [-0.25, -0.2) is 9.36 Å². The molecule has 0 aromatic carbocycles. The molecule has 146 valence electrons. The second-order valence-corrected chi connectivity index (χ2v) is 6.67. The lowest BCUT2D eigenvalue weighted by Crippen LogP contribution is -2.57. The van der Waals surface area contributed by atoms with Crippen molar-refractivity contribution in [1.29, 1.82) is 0 Å². The van der Waals surface area contributed by atoms with Gasteiger partial charge in [0.1, 0.15) is 0 Å². The highest BCUT2D eigenvalue weighted by Gasteiger charge is 2.35. The lowest BCUT2D eigenvalue weighted by atomic mass is 9.88. The molecule has 1 amide bonds. The maximum atomic E-state index is 11.3. The van der Waals surface area contributed by atoms with Crippen LogP contribution in [0.4, 0.5) is 0 Å². The number of carboxylic acids is 1. The highest BCUT2D eigenvalue weighted by molar-refractivity contribution is 7.45. The van der Waals surface area contributed by atoms with Crippen molar-refractivity contribution < 1.29 is 38.7 Å². The molecule has 0 aliphatic heterocycles. The van der Waals surface area contributed by atoms with Crippen LogP contribution in [0.15, 0.2) is 11.6 Å². The maximum Gasteiger partial charge on any atom is 0.466 e. The van der Waals surface area contributed by atoms with Gasteiger partial charge in [0.2, 0.25) is 5.91 Å². The first-order valence-corrected chi connectivity index (χ1v) is 9.35. The van der Waals surface area contributed by atoms with E-state index in [0.717, 1.165) is 12.8 Å². The zero-order valence-electron chi connectivity index (χ0n) is 14.5. The molecule has 0 unspecified atom stereocenters. The number of carboxylic acid groups (broad SMARTS) is 1. The molecular formula is C14H27N2O8P. The van der Waals surface area contributed by atoms with Gasteiger partial charge < -0.3 is 35.6 Å². The lowest BCUT2D eigenvalue weighted by Gasteiger charge is -2.36. The molecule has 1 aliphatic carbocycles. The van der Waals surface area contributed by atoms with Crippen molar-refractivity contribution >= 4 is 19.7 Å². The number of nitrogens with one attached hydrogen (secondary N) is 1. The monoisotopic (exact) mass is 382 g/mol. The van der Waals surface area contributed by atoms with Crippen LogP contribution in [-0.4, -0.2) is 56.0 Å². The van der Waals surface area contributed by atoms with Crippen molar-refractivity contribution in [3.63, 3.8) is 0 Å². The van der Waals surface area contributed by atoms with Crippen LogP contribution >= 0.6 is 7.82 Å². The van der Waals surface area contributed by atoms with Crippen molar-refractivity contribution in [2.24, 2.45) is 5.73 Å². The highest BCUT2D eigenvalue weighted by Crippen LogP contribution is 2.26. The van der Waals surface area contributed by atoms with E-state index in [2.05, 4.69) is 5.32 Å². The van der Waals surface area contributed by atoms with Crippen molar-refractivity contribution in [3.8, 4) is 0 Å². The Morgan fingerprint density at radius 3 is 2.20 bits per heavy atom.